The third-order valence-corrected chi connectivity index (χ3v) is 7.19. The zero-order valence-electron chi connectivity index (χ0n) is 21.5. The van der Waals surface area contributed by atoms with Gasteiger partial charge in [-0.15, -0.1) is 0 Å². The van der Waals surface area contributed by atoms with Crippen molar-refractivity contribution in [2.75, 3.05) is 12.0 Å². The first-order valence-electron chi connectivity index (χ1n) is 12.3. The van der Waals surface area contributed by atoms with E-state index in [9.17, 15) is 4.79 Å². The number of aliphatic imine (C=N–C) groups is 1. The van der Waals surface area contributed by atoms with Crippen molar-refractivity contribution in [2.45, 2.75) is 20.5 Å². The Labute approximate surface area is 227 Å². The molecule has 1 amide bonds. The van der Waals surface area contributed by atoms with Crippen LogP contribution >= 0.6 is 11.8 Å². The van der Waals surface area contributed by atoms with Crippen molar-refractivity contribution >= 4 is 40.3 Å². The fourth-order valence-corrected chi connectivity index (χ4v) is 5.13. The Morgan fingerprint density at radius 1 is 0.842 bits per heavy atom. The van der Waals surface area contributed by atoms with E-state index in [1.54, 1.807) is 12.0 Å². The van der Waals surface area contributed by atoms with Gasteiger partial charge in [-0.3, -0.25) is 9.69 Å². The van der Waals surface area contributed by atoms with Crippen LogP contribution in [0.2, 0.25) is 0 Å². The number of anilines is 1. The number of hydrogen-bond acceptors (Lipinski definition) is 5. The van der Waals surface area contributed by atoms with E-state index in [0.717, 1.165) is 33.6 Å². The smallest absolute Gasteiger partial charge is 0.271 e. The van der Waals surface area contributed by atoms with Gasteiger partial charge in [0.15, 0.2) is 16.7 Å². The van der Waals surface area contributed by atoms with Crippen LogP contribution in [0.1, 0.15) is 22.3 Å². The highest BCUT2D eigenvalue weighted by Crippen LogP contribution is 2.39. The molecule has 0 atom stereocenters. The molecule has 1 fully saturated rings. The predicted molar refractivity (Wildman–Crippen MR) is 156 cm³/mol. The van der Waals surface area contributed by atoms with Crippen molar-refractivity contribution in [3.63, 3.8) is 0 Å². The second kappa shape index (κ2) is 11.4. The summed E-state index contributed by atoms with van der Waals surface area (Å²) in [6, 6.07) is 31.4. The molecule has 0 bridgehead atoms. The molecule has 38 heavy (non-hydrogen) atoms. The minimum Gasteiger partial charge on any atom is -0.493 e. The lowest BCUT2D eigenvalue weighted by atomic mass is 10.1. The monoisotopic (exact) mass is 520 g/mol. The maximum atomic E-state index is 13.7. The van der Waals surface area contributed by atoms with Gasteiger partial charge >= 0.3 is 0 Å². The van der Waals surface area contributed by atoms with Crippen molar-refractivity contribution in [1.82, 2.24) is 0 Å². The number of amidine groups is 1. The van der Waals surface area contributed by atoms with Gasteiger partial charge in [0.1, 0.15) is 6.61 Å². The van der Waals surface area contributed by atoms with Gasteiger partial charge in [0.2, 0.25) is 0 Å². The van der Waals surface area contributed by atoms with E-state index in [0.29, 0.717) is 28.2 Å². The molecule has 0 N–H and O–H groups in total. The predicted octanol–water partition coefficient (Wildman–Crippen LogP) is 7.70. The molecule has 5 rings (SSSR count). The largest absolute Gasteiger partial charge is 0.493 e. The standard InChI is InChI=1S/C32H28N2O3S/c1-22-11-7-9-15-26(22)33-32-34(27-16-10-8-12-23(27)2)31(35)30(38-32)20-25-17-18-28(29(19-25)36-3)37-21-24-13-5-4-6-14-24/h4-20H,21H2,1-3H3. The van der Waals surface area contributed by atoms with Crippen LogP contribution in [0.3, 0.4) is 0 Å². The van der Waals surface area contributed by atoms with Crippen LogP contribution in [-0.2, 0) is 11.4 Å². The van der Waals surface area contributed by atoms with Crippen molar-refractivity contribution in [3.05, 3.63) is 124 Å². The van der Waals surface area contributed by atoms with E-state index in [4.69, 9.17) is 14.5 Å². The average molecular weight is 521 g/mol. The Kier molecular flexibility index (Phi) is 7.61. The lowest BCUT2D eigenvalue weighted by Gasteiger charge is -2.18. The fraction of sp³-hybridized carbons (Fsp3) is 0.125. The number of ether oxygens (including phenoxy) is 2. The van der Waals surface area contributed by atoms with Crippen molar-refractivity contribution < 1.29 is 14.3 Å². The highest BCUT2D eigenvalue weighted by molar-refractivity contribution is 8.19. The molecule has 0 aliphatic carbocycles. The molecule has 5 nitrogen and oxygen atoms in total. The number of aryl methyl sites for hydroxylation is 2. The van der Waals surface area contributed by atoms with Gasteiger partial charge in [-0.25, -0.2) is 4.99 Å². The van der Waals surface area contributed by atoms with E-state index in [-0.39, 0.29) is 5.91 Å². The van der Waals surface area contributed by atoms with Gasteiger partial charge in [-0.1, -0.05) is 72.8 Å². The number of hydrogen-bond donors (Lipinski definition) is 0. The van der Waals surface area contributed by atoms with E-state index in [2.05, 4.69) is 0 Å². The first-order valence-corrected chi connectivity index (χ1v) is 13.1. The van der Waals surface area contributed by atoms with Crippen LogP contribution in [0, 0.1) is 13.8 Å². The molecule has 1 heterocycles. The minimum atomic E-state index is -0.111. The molecule has 0 saturated carbocycles. The Balaban J connectivity index is 1.47. The molecule has 1 saturated heterocycles. The molecule has 1 aliphatic heterocycles. The summed E-state index contributed by atoms with van der Waals surface area (Å²) in [6.07, 6.45) is 1.88. The number of amides is 1. The third kappa shape index (κ3) is 5.50. The maximum absolute atomic E-state index is 13.7. The van der Waals surface area contributed by atoms with Crippen molar-refractivity contribution in [3.8, 4) is 11.5 Å². The number of benzene rings is 4. The van der Waals surface area contributed by atoms with Crippen LogP contribution in [0.15, 0.2) is 107 Å². The van der Waals surface area contributed by atoms with Gasteiger partial charge in [0.05, 0.1) is 23.4 Å². The topological polar surface area (TPSA) is 51.1 Å². The summed E-state index contributed by atoms with van der Waals surface area (Å²) < 4.78 is 11.6. The first-order chi connectivity index (χ1) is 18.5. The fourth-order valence-electron chi connectivity index (χ4n) is 4.15. The van der Waals surface area contributed by atoms with Gasteiger partial charge < -0.3 is 9.47 Å². The molecular weight excluding hydrogens is 492 g/mol. The van der Waals surface area contributed by atoms with Crippen LogP contribution in [-0.4, -0.2) is 18.2 Å². The second-order valence-electron chi connectivity index (χ2n) is 8.90. The highest BCUT2D eigenvalue weighted by Gasteiger charge is 2.35. The Bertz CT molecular complexity index is 1530. The van der Waals surface area contributed by atoms with Gasteiger partial charge in [0.25, 0.3) is 5.91 Å². The van der Waals surface area contributed by atoms with E-state index < -0.39 is 0 Å². The van der Waals surface area contributed by atoms with Crippen LogP contribution in [0.5, 0.6) is 11.5 Å². The van der Waals surface area contributed by atoms with Crippen LogP contribution in [0.25, 0.3) is 6.08 Å². The lowest BCUT2D eigenvalue weighted by molar-refractivity contribution is -0.113. The minimum absolute atomic E-state index is 0.111. The van der Waals surface area contributed by atoms with E-state index >= 15 is 0 Å². The quantitative estimate of drug-likeness (QED) is 0.234. The number of methoxy groups -OCH3 is 1. The first kappa shape index (κ1) is 25.4. The number of thioether (sulfide) groups is 1. The molecule has 6 heteroatoms. The SMILES string of the molecule is COc1cc(C=C2SC(=Nc3ccccc3C)N(c3ccccc3C)C2=O)ccc1OCc1ccccc1. The van der Waals surface area contributed by atoms with Gasteiger partial charge in [-0.2, -0.15) is 0 Å². The summed E-state index contributed by atoms with van der Waals surface area (Å²) in [5.74, 6) is 1.14. The molecule has 0 aromatic heterocycles. The number of rotatable bonds is 7. The number of carbonyl (C=O) groups is 1. The summed E-state index contributed by atoms with van der Waals surface area (Å²) in [5, 5.41) is 0.625. The molecule has 1 aliphatic rings. The number of para-hydroxylation sites is 2. The summed E-state index contributed by atoms with van der Waals surface area (Å²) in [4.78, 5) is 20.9. The average Bonchev–Trinajstić information content (AvgIpc) is 3.23. The molecule has 0 spiro atoms. The highest BCUT2D eigenvalue weighted by atomic mass is 32.2. The van der Waals surface area contributed by atoms with Crippen molar-refractivity contribution in [1.29, 1.82) is 0 Å². The number of nitrogens with zero attached hydrogens (tertiary/aromatic N) is 2. The molecule has 0 unspecified atom stereocenters. The third-order valence-electron chi connectivity index (χ3n) is 6.22. The van der Waals surface area contributed by atoms with Gasteiger partial charge in [-0.05, 0) is 78.2 Å². The molecule has 0 radical (unpaired) electrons. The van der Waals surface area contributed by atoms with E-state index in [1.807, 2.05) is 117 Å². The zero-order valence-corrected chi connectivity index (χ0v) is 22.4. The van der Waals surface area contributed by atoms with E-state index in [1.165, 1.54) is 11.8 Å². The Morgan fingerprint density at radius 2 is 1.55 bits per heavy atom. The van der Waals surface area contributed by atoms with Crippen LogP contribution in [0.4, 0.5) is 11.4 Å². The summed E-state index contributed by atoms with van der Waals surface area (Å²) in [6.45, 7) is 4.46. The summed E-state index contributed by atoms with van der Waals surface area (Å²) >= 11 is 1.37. The lowest BCUT2D eigenvalue weighted by Crippen LogP contribution is -2.29. The maximum Gasteiger partial charge on any atom is 0.271 e. The van der Waals surface area contributed by atoms with Crippen molar-refractivity contribution in [2.24, 2.45) is 4.99 Å². The normalized spacial score (nSPS) is 15.3. The Hall–Kier alpha value is -4.29. The summed E-state index contributed by atoms with van der Waals surface area (Å²) in [5.41, 5.74) is 5.62. The zero-order chi connectivity index (χ0) is 26.5. The molecule has 4 aromatic rings. The van der Waals surface area contributed by atoms with Gasteiger partial charge in [0, 0.05) is 0 Å². The molecule has 190 valence electrons. The molecular formula is C32H28N2O3S. The molecule has 4 aromatic carbocycles. The second-order valence-corrected chi connectivity index (χ2v) is 9.91. The number of carbonyl (C=O) groups excluding carboxylic acids is 1. The Morgan fingerprint density at radius 3 is 2.29 bits per heavy atom. The van der Waals surface area contributed by atoms with Crippen LogP contribution < -0.4 is 14.4 Å². The summed E-state index contributed by atoms with van der Waals surface area (Å²) in [7, 11) is 1.62.